The fraction of sp³-hybridized carbons (Fsp3) is 0.360. The zero-order valence-electron chi connectivity index (χ0n) is 18.2. The minimum atomic E-state index is -0.794. The van der Waals surface area contributed by atoms with Crippen molar-refractivity contribution in [3.63, 3.8) is 0 Å². The van der Waals surface area contributed by atoms with Gasteiger partial charge < -0.3 is 9.84 Å². The fourth-order valence-corrected chi connectivity index (χ4v) is 5.71. The SMILES string of the molecule is CCOc1cc([C@H]2C3=CC[C@@H]4C(=O)N(O)C(=O)[C@@H]4[C@@H]3CC3=C2C(=O)C(C)=CC3=O)ccc1O. The van der Waals surface area contributed by atoms with E-state index in [0.717, 1.165) is 5.57 Å². The van der Waals surface area contributed by atoms with Gasteiger partial charge in [-0.05, 0) is 56.4 Å². The lowest BCUT2D eigenvalue weighted by Crippen LogP contribution is -2.39. The highest BCUT2D eigenvalue weighted by molar-refractivity contribution is 6.23. The molecule has 33 heavy (non-hydrogen) atoms. The number of hydrogen-bond acceptors (Lipinski definition) is 7. The third-order valence-electron chi connectivity index (χ3n) is 7.16. The summed E-state index contributed by atoms with van der Waals surface area (Å²) in [5.74, 6) is -4.24. The normalized spacial score (nSPS) is 28.9. The Morgan fingerprint density at radius 2 is 1.88 bits per heavy atom. The number of aromatic hydroxyl groups is 1. The van der Waals surface area contributed by atoms with Crippen LogP contribution in [0.15, 0.2) is 52.6 Å². The molecule has 8 heteroatoms. The maximum Gasteiger partial charge on any atom is 0.257 e. The minimum absolute atomic E-state index is 0.0468. The van der Waals surface area contributed by atoms with Gasteiger partial charge in [-0.25, -0.2) is 0 Å². The van der Waals surface area contributed by atoms with Crippen LogP contribution in [-0.4, -0.2) is 45.4 Å². The van der Waals surface area contributed by atoms with Gasteiger partial charge in [0.1, 0.15) is 0 Å². The number of imide groups is 1. The predicted octanol–water partition coefficient (Wildman–Crippen LogP) is 2.61. The predicted molar refractivity (Wildman–Crippen MR) is 114 cm³/mol. The van der Waals surface area contributed by atoms with Gasteiger partial charge in [0.2, 0.25) is 0 Å². The number of carbonyl (C=O) groups is 4. The number of benzene rings is 1. The summed E-state index contributed by atoms with van der Waals surface area (Å²) in [5, 5.41) is 20.4. The Morgan fingerprint density at radius 3 is 2.61 bits per heavy atom. The molecule has 1 aliphatic heterocycles. The smallest absolute Gasteiger partial charge is 0.257 e. The number of carbonyl (C=O) groups excluding carboxylic acids is 4. The Kier molecular flexibility index (Phi) is 4.86. The highest BCUT2D eigenvalue weighted by Gasteiger charge is 2.56. The van der Waals surface area contributed by atoms with Crippen molar-refractivity contribution in [3.8, 4) is 11.5 Å². The molecule has 1 saturated heterocycles. The van der Waals surface area contributed by atoms with E-state index in [1.54, 1.807) is 26.0 Å². The van der Waals surface area contributed by atoms with Crippen LogP contribution in [0.4, 0.5) is 0 Å². The van der Waals surface area contributed by atoms with Crippen LogP contribution in [0.2, 0.25) is 0 Å². The number of hydroxylamine groups is 2. The number of hydrogen-bond donors (Lipinski definition) is 2. The molecule has 1 heterocycles. The summed E-state index contributed by atoms with van der Waals surface area (Å²) >= 11 is 0. The van der Waals surface area contributed by atoms with Crippen molar-refractivity contribution in [3.05, 3.63) is 58.2 Å². The van der Waals surface area contributed by atoms with E-state index < -0.39 is 35.5 Å². The summed E-state index contributed by atoms with van der Waals surface area (Å²) < 4.78 is 5.54. The monoisotopic (exact) mass is 449 g/mol. The standard InChI is InChI=1S/C25H23NO7/c1-3-33-19-9-12(4-7-17(19)27)20-13-5-6-14-21(25(31)26(32)24(14)30)15(13)10-16-18(28)8-11(2)23(29)22(16)20/h4-5,7-9,14-15,20-21,27,32H,3,6,10H2,1-2H3/t14-,15+,20-,21-/m0/s1. The number of allylic oxidation sites excluding steroid dienone is 6. The number of rotatable bonds is 3. The molecule has 170 valence electrons. The molecule has 0 spiro atoms. The second kappa shape index (κ2) is 7.52. The molecule has 4 atom stereocenters. The van der Waals surface area contributed by atoms with Crippen molar-refractivity contribution in [2.45, 2.75) is 32.6 Å². The third-order valence-corrected chi connectivity index (χ3v) is 7.16. The molecule has 0 radical (unpaired) electrons. The molecule has 0 unspecified atom stereocenters. The van der Waals surface area contributed by atoms with Crippen LogP contribution >= 0.6 is 0 Å². The first-order valence-corrected chi connectivity index (χ1v) is 11.0. The summed E-state index contributed by atoms with van der Waals surface area (Å²) in [7, 11) is 0. The van der Waals surface area contributed by atoms with Gasteiger partial charge in [0.05, 0.1) is 18.4 Å². The molecule has 3 aliphatic carbocycles. The van der Waals surface area contributed by atoms with Gasteiger partial charge in [0.25, 0.3) is 11.8 Å². The van der Waals surface area contributed by atoms with E-state index in [0.29, 0.717) is 28.9 Å². The van der Waals surface area contributed by atoms with Crippen molar-refractivity contribution in [1.29, 1.82) is 0 Å². The van der Waals surface area contributed by atoms with Crippen molar-refractivity contribution in [2.24, 2.45) is 17.8 Å². The number of ketones is 2. The summed E-state index contributed by atoms with van der Waals surface area (Å²) in [6.45, 7) is 3.71. The van der Waals surface area contributed by atoms with Crippen LogP contribution in [0.25, 0.3) is 0 Å². The van der Waals surface area contributed by atoms with Crippen molar-refractivity contribution in [1.82, 2.24) is 5.06 Å². The van der Waals surface area contributed by atoms with Gasteiger partial charge in [-0.1, -0.05) is 17.7 Å². The number of fused-ring (bicyclic) bond motifs is 3. The third kappa shape index (κ3) is 3.01. The maximum absolute atomic E-state index is 13.3. The first-order chi connectivity index (χ1) is 15.7. The zero-order chi connectivity index (χ0) is 23.6. The molecule has 2 N–H and O–H groups in total. The Morgan fingerprint density at radius 1 is 1.12 bits per heavy atom. The van der Waals surface area contributed by atoms with Crippen LogP contribution < -0.4 is 4.74 Å². The molecule has 1 aromatic rings. The number of nitrogens with zero attached hydrogens (tertiary/aromatic N) is 1. The van der Waals surface area contributed by atoms with Crippen LogP contribution in [0.3, 0.4) is 0 Å². The first-order valence-electron chi connectivity index (χ1n) is 11.0. The molecule has 1 fully saturated rings. The van der Waals surface area contributed by atoms with Gasteiger partial charge in [-0.2, -0.15) is 5.06 Å². The Balaban J connectivity index is 1.71. The van der Waals surface area contributed by atoms with Crippen LogP contribution in [0, 0.1) is 17.8 Å². The molecule has 1 aromatic carbocycles. The van der Waals surface area contributed by atoms with Gasteiger partial charge in [0, 0.05) is 22.6 Å². The van der Waals surface area contributed by atoms with E-state index in [9.17, 15) is 29.5 Å². The second-order valence-corrected chi connectivity index (χ2v) is 8.88. The molecule has 0 bridgehead atoms. The Hall–Kier alpha value is -3.52. The second-order valence-electron chi connectivity index (χ2n) is 8.88. The average molecular weight is 449 g/mol. The lowest BCUT2D eigenvalue weighted by molar-refractivity contribution is -0.173. The maximum atomic E-state index is 13.3. The van der Waals surface area contributed by atoms with Gasteiger partial charge in [-0.15, -0.1) is 0 Å². The summed E-state index contributed by atoms with van der Waals surface area (Å²) in [5.41, 5.74) is 2.46. The van der Waals surface area contributed by atoms with E-state index in [-0.39, 0.29) is 41.0 Å². The lowest BCUT2D eigenvalue weighted by atomic mass is 9.59. The van der Waals surface area contributed by atoms with E-state index in [1.165, 1.54) is 12.1 Å². The molecular formula is C25H23NO7. The topological polar surface area (TPSA) is 121 Å². The number of phenols is 1. The van der Waals surface area contributed by atoms with Crippen LogP contribution in [0.5, 0.6) is 11.5 Å². The van der Waals surface area contributed by atoms with Crippen molar-refractivity contribution < 1.29 is 34.2 Å². The highest BCUT2D eigenvalue weighted by atomic mass is 16.5. The van der Waals surface area contributed by atoms with Crippen molar-refractivity contribution in [2.75, 3.05) is 6.61 Å². The highest BCUT2D eigenvalue weighted by Crippen LogP contribution is 2.55. The number of ether oxygens (including phenoxy) is 1. The zero-order valence-corrected chi connectivity index (χ0v) is 18.2. The Bertz CT molecular complexity index is 1220. The van der Waals surface area contributed by atoms with Gasteiger partial charge >= 0.3 is 0 Å². The summed E-state index contributed by atoms with van der Waals surface area (Å²) in [6.07, 6.45) is 3.58. The Labute approximate surface area is 189 Å². The first kappa shape index (κ1) is 21.3. The molecule has 8 nitrogen and oxygen atoms in total. The van der Waals surface area contributed by atoms with Crippen molar-refractivity contribution >= 4 is 23.4 Å². The molecule has 4 aliphatic rings. The number of amides is 2. The molecule has 2 amide bonds. The minimum Gasteiger partial charge on any atom is -0.504 e. The summed E-state index contributed by atoms with van der Waals surface area (Å²) in [4.78, 5) is 51.5. The van der Waals surface area contributed by atoms with E-state index >= 15 is 0 Å². The quantitative estimate of drug-likeness (QED) is 0.315. The van der Waals surface area contributed by atoms with Gasteiger partial charge in [0.15, 0.2) is 23.1 Å². The fourth-order valence-electron chi connectivity index (χ4n) is 5.71. The van der Waals surface area contributed by atoms with Crippen LogP contribution in [0.1, 0.15) is 38.2 Å². The lowest BCUT2D eigenvalue weighted by Gasteiger charge is -2.42. The average Bonchev–Trinajstić information content (AvgIpc) is 3.02. The summed E-state index contributed by atoms with van der Waals surface area (Å²) in [6, 6.07) is 4.80. The van der Waals surface area contributed by atoms with Gasteiger partial charge in [-0.3, -0.25) is 24.4 Å². The van der Waals surface area contributed by atoms with E-state index in [2.05, 4.69) is 0 Å². The molecule has 5 rings (SSSR count). The van der Waals surface area contributed by atoms with Crippen LogP contribution in [-0.2, 0) is 19.2 Å². The number of phenolic OH excluding ortho intramolecular Hbond substituents is 1. The number of Topliss-reactive ketones (excluding diaryl/α,β-unsaturated/α-hetero) is 1. The molecular weight excluding hydrogens is 426 g/mol. The van der Waals surface area contributed by atoms with E-state index in [4.69, 9.17) is 4.74 Å². The van der Waals surface area contributed by atoms with E-state index in [1.807, 2.05) is 6.08 Å². The molecule has 0 aromatic heterocycles. The largest absolute Gasteiger partial charge is 0.504 e. The molecule has 0 saturated carbocycles.